The molecule has 0 saturated heterocycles. The fraction of sp³-hybridized carbons (Fsp3) is 0.231. The molecule has 1 amide bonds. The molecule has 0 atom stereocenters. The molecule has 0 aliphatic heterocycles. The smallest absolute Gasteiger partial charge is 0.342 e. The molecular formula is C13H15N3O2. The zero-order chi connectivity index (χ0) is 13.0. The Bertz CT molecular complexity index is 549. The lowest BCUT2D eigenvalue weighted by atomic mass is 10.2. The van der Waals surface area contributed by atoms with Crippen molar-refractivity contribution in [1.82, 2.24) is 15.1 Å². The van der Waals surface area contributed by atoms with Crippen LogP contribution in [0.3, 0.4) is 0 Å². The highest BCUT2D eigenvalue weighted by atomic mass is 16.5. The first-order valence-corrected chi connectivity index (χ1v) is 5.61. The minimum atomic E-state index is -0.245. The zero-order valence-corrected chi connectivity index (χ0v) is 10.4. The van der Waals surface area contributed by atoms with Gasteiger partial charge in [-0.2, -0.15) is 9.78 Å². The van der Waals surface area contributed by atoms with Gasteiger partial charge in [-0.1, -0.05) is 12.1 Å². The third-order valence-electron chi connectivity index (χ3n) is 2.50. The maximum Gasteiger partial charge on any atom is 0.342 e. The number of hydrogen-bond donors (Lipinski definition) is 1. The van der Waals surface area contributed by atoms with Crippen molar-refractivity contribution in [3.8, 4) is 5.75 Å². The number of ether oxygens (including phenoxy) is 1. The molecule has 0 aliphatic carbocycles. The van der Waals surface area contributed by atoms with Crippen LogP contribution in [0, 0.1) is 6.92 Å². The average Bonchev–Trinajstić information content (AvgIpc) is 2.83. The minimum Gasteiger partial charge on any atom is -0.497 e. The Morgan fingerprint density at radius 3 is 3.00 bits per heavy atom. The number of methoxy groups -OCH3 is 1. The Morgan fingerprint density at radius 2 is 2.33 bits per heavy atom. The number of nitrogens with one attached hydrogen (secondary N) is 1. The van der Waals surface area contributed by atoms with Gasteiger partial charge in [-0.25, -0.2) is 4.79 Å². The van der Waals surface area contributed by atoms with Crippen molar-refractivity contribution in [3.05, 3.63) is 47.8 Å². The summed E-state index contributed by atoms with van der Waals surface area (Å²) in [5, 5.41) is 6.73. The van der Waals surface area contributed by atoms with Gasteiger partial charge in [0.2, 0.25) is 0 Å². The van der Waals surface area contributed by atoms with Gasteiger partial charge in [0.25, 0.3) is 0 Å². The van der Waals surface area contributed by atoms with Crippen molar-refractivity contribution < 1.29 is 9.53 Å². The number of aryl methyl sites for hydroxylation is 1. The summed E-state index contributed by atoms with van der Waals surface area (Å²) in [4.78, 5) is 11.7. The van der Waals surface area contributed by atoms with Gasteiger partial charge in [0.1, 0.15) is 5.75 Å². The van der Waals surface area contributed by atoms with Gasteiger partial charge in [0.15, 0.2) is 0 Å². The number of aromatic nitrogens is 2. The van der Waals surface area contributed by atoms with Gasteiger partial charge in [-0.3, -0.25) is 0 Å². The lowest BCUT2D eigenvalue weighted by Gasteiger charge is -2.06. The molecular weight excluding hydrogens is 230 g/mol. The second-order valence-electron chi connectivity index (χ2n) is 3.97. The first kappa shape index (κ1) is 12.2. The SMILES string of the molecule is COc1cccc(CNC(=O)n2cc(C)cn2)c1. The normalized spacial score (nSPS) is 10.1. The average molecular weight is 245 g/mol. The summed E-state index contributed by atoms with van der Waals surface area (Å²) in [7, 11) is 1.62. The summed E-state index contributed by atoms with van der Waals surface area (Å²) in [6.45, 7) is 2.33. The molecule has 5 heteroatoms. The summed E-state index contributed by atoms with van der Waals surface area (Å²) in [5.74, 6) is 0.775. The number of carbonyl (C=O) groups excluding carboxylic acids is 1. The van der Waals surface area contributed by atoms with Crippen molar-refractivity contribution in [1.29, 1.82) is 0 Å². The van der Waals surface area contributed by atoms with Crippen LogP contribution in [0.4, 0.5) is 4.79 Å². The molecule has 94 valence electrons. The van der Waals surface area contributed by atoms with Crippen LogP contribution in [0.15, 0.2) is 36.7 Å². The number of amides is 1. The highest BCUT2D eigenvalue weighted by molar-refractivity contribution is 5.75. The Kier molecular flexibility index (Phi) is 3.62. The first-order chi connectivity index (χ1) is 8.69. The molecule has 2 rings (SSSR count). The topological polar surface area (TPSA) is 56.1 Å². The summed E-state index contributed by atoms with van der Waals surface area (Å²) in [5.41, 5.74) is 1.93. The van der Waals surface area contributed by atoms with Gasteiger partial charge < -0.3 is 10.1 Å². The molecule has 1 N–H and O–H groups in total. The Balaban J connectivity index is 1.97. The van der Waals surface area contributed by atoms with Gasteiger partial charge in [-0.15, -0.1) is 0 Å². The number of benzene rings is 1. The number of nitrogens with zero attached hydrogens (tertiary/aromatic N) is 2. The van der Waals surface area contributed by atoms with Gasteiger partial charge in [-0.05, 0) is 30.2 Å². The van der Waals surface area contributed by atoms with Gasteiger partial charge in [0, 0.05) is 12.7 Å². The van der Waals surface area contributed by atoms with Crippen LogP contribution in [0.1, 0.15) is 11.1 Å². The highest BCUT2D eigenvalue weighted by Gasteiger charge is 2.05. The summed E-state index contributed by atoms with van der Waals surface area (Å²) in [6.07, 6.45) is 3.33. The molecule has 0 saturated carbocycles. The van der Waals surface area contributed by atoms with E-state index in [1.807, 2.05) is 31.2 Å². The third-order valence-corrected chi connectivity index (χ3v) is 2.50. The van der Waals surface area contributed by atoms with E-state index in [9.17, 15) is 4.79 Å². The molecule has 1 aromatic heterocycles. The van der Waals surface area contributed by atoms with E-state index >= 15 is 0 Å². The van der Waals surface area contributed by atoms with Gasteiger partial charge >= 0.3 is 6.03 Å². The Morgan fingerprint density at radius 1 is 1.50 bits per heavy atom. The van der Waals surface area contributed by atoms with Crippen LogP contribution in [-0.4, -0.2) is 22.9 Å². The van der Waals surface area contributed by atoms with Crippen molar-refractivity contribution in [2.75, 3.05) is 7.11 Å². The quantitative estimate of drug-likeness (QED) is 0.899. The number of rotatable bonds is 3. The lowest BCUT2D eigenvalue weighted by molar-refractivity contribution is 0.239. The molecule has 0 aliphatic rings. The van der Waals surface area contributed by atoms with Crippen molar-refractivity contribution in [3.63, 3.8) is 0 Å². The van der Waals surface area contributed by atoms with Crippen LogP contribution >= 0.6 is 0 Å². The third kappa shape index (κ3) is 2.88. The maximum atomic E-state index is 11.7. The predicted molar refractivity (Wildman–Crippen MR) is 67.6 cm³/mol. The van der Waals surface area contributed by atoms with Crippen LogP contribution < -0.4 is 10.1 Å². The summed E-state index contributed by atoms with van der Waals surface area (Å²) < 4.78 is 6.41. The molecule has 0 radical (unpaired) electrons. The monoisotopic (exact) mass is 245 g/mol. The van der Waals surface area contributed by atoms with E-state index in [0.717, 1.165) is 16.9 Å². The molecule has 1 aromatic carbocycles. The van der Waals surface area contributed by atoms with Crippen LogP contribution in [0.25, 0.3) is 0 Å². The highest BCUT2D eigenvalue weighted by Crippen LogP contribution is 2.12. The van der Waals surface area contributed by atoms with Crippen molar-refractivity contribution in [2.45, 2.75) is 13.5 Å². The Hall–Kier alpha value is -2.30. The van der Waals surface area contributed by atoms with Crippen LogP contribution in [0.2, 0.25) is 0 Å². The van der Waals surface area contributed by atoms with Crippen molar-refractivity contribution in [2.24, 2.45) is 0 Å². The van der Waals surface area contributed by atoms with Crippen molar-refractivity contribution >= 4 is 6.03 Å². The minimum absolute atomic E-state index is 0.245. The first-order valence-electron chi connectivity index (χ1n) is 5.61. The van der Waals surface area contributed by atoms with E-state index in [4.69, 9.17) is 4.74 Å². The maximum absolute atomic E-state index is 11.7. The molecule has 0 unspecified atom stereocenters. The molecule has 2 aromatic rings. The number of carbonyl (C=O) groups is 1. The van der Waals surface area contributed by atoms with E-state index in [1.54, 1.807) is 19.5 Å². The molecule has 18 heavy (non-hydrogen) atoms. The molecule has 0 bridgehead atoms. The molecule has 5 nitrogen and oxygen atoms in total. The summed E-state index contributed by atoms with van der Waals surface area (Å²) >= 11 is 0. The second-order valence-corrected chi connectivity index (χ2v) is 3.97. The predicted octanol–water partition coefficient (Wildman–Crippen LogP) is 1.96. The van der Waals surface area contributed by atoms with Crippen LogP contribution in [-0.2, 0) is 6.54 Å². The van der Waals surface area contributed by atoms with E-state index in [1.165, 1.54) is 4.68 Å². The lowest BCUT2D eigenvalue weighted by Crippen LogP contribution is -2.28. The number of hydrogen-bond acceptors (Lipinski definition) is 3. The fourth-order valence-corrected chi connectivity index (χ4v) is 1.56. The van der Waals surface area contributed by atoms with E-state index in [0.29, 0.717) is 6.54 Å². The second kappa shape index (κ2) is 5.35. The zero-order valence-electron chi connectivity index (χ0n) is 10.4. The fourth-order valence-electron chi connectivity index (χ4n) is 1.56. The van der Waals surface area contributed by atoms with E-state index in [-0.39, 0.29) is 6.03 Å². The summed E-state index contributed by atoms with van der Waals surface area (Å²) in [6, 6.07) is 7.32. The molecule has 0 spiro atoms. The van der Waals surface area contributed by atoms with Gasteiger partial charge in [0.05, 0.1) is 13.3 Å². The standard InChI is InChI=1S/C13H15N3O2/c1-10-7-15-16(9-10)13(17)14-8-11-4-3-5-12(6-11)18-2/h3-7,9H,8H2,1-2H3,(H,14,17). The largest absolute Gasteiger partial charge is 0.497 e. The van der Waals surface area contributed by atoms with E-state index < -0.39 is 0 Å². The van der Waals surface area contributed by atoms with Crippen LogP contribution in [0.5, 0.6) is 5.75 Å². The molecule has 0 fully saturated rings. The molecule has 1 heterocycles. The van der Waals surface area contributed by atoms with E-state index in [2.05, 4.69) is 10.4 Å². The Labute approximate surface area is 105 Å².